The zero-order chi connectivity index (χ0) is 15.3. The smallest absolute Gasteiger partial charge is 0.240 e. The number of hydrazone groups is 1. The molecule has 0 spiro atoms. The van der Waals surface area contributed by atoms with Crippen LogP contribution < -0.4 is 5.43 Å². The second-order valence-electron chi connectivity index (χ2n) is 5.19. The Morgan fingerprint density at radius 3 is 2.52 bits per heavy atom. The van der Waals surface area contributed by atoms with E-state index in [0.29, 0.717) is 12.0 Å². The van der Waals surface area contributed by atoms with Crippen molar-refractivity contribution in [1.29, 1.82) is 0 Å². The summed E-state index contributed by atoms with van der Waals surface area (Å²) >= 11 is 0. The molecule has 0 atom stereocenters. The quantitative estimate of drug-likeness (QED) is 0.387. The van der Waals surface area contributed by atoms with E-state index in [1.165, 1.54) is 44.4 Å². The Labute approximate surface area is 126 Å². The van der Waals surface area contributed by atoms with Gasteiger partial charge in [-0.2, -0.15) is 5.10 Å². The number of nitrogens with zero attached hydrogens (tertiary/aromatic N) is 1. The van der Waals surface area contributed by atoms with Crippen molar-refractivity contribution in [3.8, 4) is 0 Å². The van der Waals surface area contributed by atoms with Gasteiger partial charge in [0, 0.05) is 12.0 Å². The van der Waals surface area contributed by atoms with Crippen molar-refractivity contribution in [3.05, 3.63) is 35.6 Å². The molecule has 0 heterocycles. The third-order valence-corrected chi connectivity index (χ3v) is 3.31. The molecule has 1 amide bonds. The molecule has 116 valence electrons. The first-order chi connectivity index (χ1) is 10.2. The maximum Gasteiger partial charge on any atom is 0.240 e. The van der Waals surface area contributed by atoms with Gasteiger partial charge in [-0.1, -0.05) is 63.6 Å². The fraction of sp³-hybridized carbons (Fsp3) is 0.529. The summed E-state index contributed by atoms with van der Waals surface area (Å²) in [5.41, 5.74) is 2.80. The zero-order valence-electron chi connectivity index (χ0n) is 12.8. The lowest BCUT2D eigenvalue weighted by Crippen LogP contribution is -2.17. The lowest BCUT2D eigenvalue weighted by Gasteiger charge is -2.01. The molecule has 0 saturated heterocycles. The molecule has 0 aliphatic carbocycles. The van der Waals surface area contributed by atoms with E-state index in [9.17, 15) is 9.18 Å². The lowest BCUT2D eigenvalue weighted by atomic mass is 10.1. The Hall–Kier alpha value is -1.71. The van der Waals surface area contributed by atoms with Crippen LogP contribution in [0.25, 0.3) is 0 Å². The molecule has 4 heteroatoms. The van der Waals surface area contributed by atoms with Crippen molar-refractivity contribution in [1.82, 2.24) is 5.43 Å². The number of hydrogen-bond acceptors (Lipinski definition) is 2. The molecular formula is C17H25FN2O. The largest absolute Gasteiger partial charge is 0.273 e. The lowest BCUT2D eigenvalue weighted by molar-refractivity contribution is -0.121. The van der Waals surface area contributed by atoms with Crippen LogP contribution in [-0.2, 0) is 4.79 Å². The molecule has 0 aliphatic heterocycles. The first kappa shape index (κ1) is 17.3. The van der Waals surface area contributed by atoms with Crippen LogP contribution >= 0.6 is 0 Å². The van der Waals surface area contributed by atoms with E-state index in [-0.39, 0.29) is 11.7 Å². The Morgan fingerprint density at radius 2 is 1.81 bits per heavy atom. The van der Waals surface area contributed by atoms with Crippen molar-refractivity contribution < 1.29 is 9.18 Å². The van der Waals surface area contributed by atoms with Crippen molar-refractivity contribution in [2.75, 3.05) is 0 Å². The molecule has 1 rings (SSSR count). The highest BCUT2D eigenvalue weighted by Crippen LogP contribution is 2.08. The number of amides is 1. The van der Waals surface area contributed by atoms with Crippen LogP contribution in [0.5, 0.6) is 0 Å². The van der Waals surface area contributed by atoms with Gasteiger partial charge in [-0.05, 0) is 12.5 Å². The summed E-state index contributed by atoms with van der Waals surface area (Å²) in [6, 6.07) is 6.32. The van der Waals surface area contributed by atoms with E-state index in [4.69, 9.17) is 0 Å². The van der Waals surface area contributed by atoms with Gasteiger partial charge in [0.25, 0.3) is 0 Å². The molecule has 0 aromatic heterocycles. The first-order valence-electron chi connectivity index (χ1n) is 7.80. The molecule has 1 aromatic carbocycles. The molecule has 1 N–H and O–H groups in total. The van der Waals surface area contributed by atoms with Crippen LogP contribution in [0.1, 0.15) is 63.9 Å². The maximum absolute atomic E-state index is 13.3. The van der Waals surface area contributed by atoms with Crippen LogP contribution in [0.4, 0.5) is 4.39 Å². The number of halogens is 1. The minimum Gasteiger partial charge on any atom is -0.273 e. The van der Waals surface area contributed by atoms with Crippen molar-refractivity contribution in [2.45, 2.75) is 58.3 Å². The van der Waals surface area contributed by atoms with Crippen molar-refractivity contribution in [2.24, 2.45) is 5.10 Å². The second kappa shape index (κ2) is 11.0. The van der Waals surface area contributed by atoms with Gasteiger partial charge in [0.05, 0.1) is 6.21 Å². The predicted molar refractivity (Wildman–Crippen MR) is 84.7 cm³/mol. The summed E-state index contributed by atoms with van der Waals surface area (Å²) in [7, 11) is 0. The third-order valence-electron chi connectivity index (χ3n) is 3.31. The monoisotopic (exact) mass is 292 g/mol. The number of rotatable bonds is 10. The maximum atomic E-state index is 13.3. The number of carbonyl (C=O) groups is 1. The molecular weight excluding hydrogens is 267 g/mol. The molecule has 3 nitrogen and oxygen atoms in total. The van der Waals surface area contributed by atoms with Crippen LogP contribution in [0, 0.1) is 5.82 Å². The fourth-order valence-electron chi connectivity index (χ4n) is 2.05. The molecule has 0 radical (unpaired) electrons. The summed E-state index contributed by atoms with van der Waals surface area (Å²) in [5, 5.41) is 3.78. The van der Waals surface area contributed by atoms with Gasteiger partial charge in [0.2, 0.25) is 5.91 Å². The Bertz CT molecular complexity index is 446. The van der Waals surface area contributed by atoms with Gasteiger partial charge >= 0.3 is 0 Å². The van der Waals surface area contributed by atoms with Crippen LogP contribution in [0.3, 0.4) is 0 Å². The normalized spacial score (nSPS) is 11.0. The molecule has 21 heavy (non-hydrogen) atoms. The summed E-state index contributed by atoms with van der Waals surface area (Å²) in [4.78, 5) is 11.5. The minimum atomic E-state index is -0.345. The van der Waals surface area contributed by atoms with Crippen LogP contribution in [-0.4, -0.2) is 12.1 Å². The van der Waals surface area contributed by atoms with E-state index < -0.39 is 0 Å². The van der Waals surface area contributed by atoms with Gasteiger partial charge in [0.15, 0.2) is 0 Å². The summed E-state index contributed by atoms with van der Waals surface area (Å²) in [5.74, 6) is -0.460. The number of nitrogens with one attached hydrogen (secondary N) is 1. The highest BCUT2D eigenvalue weighted by molar-refractivity contribution is 5.82. The van der Waals surface area contributed by atoms with Gasteiger partial charge in [-0.15, -0.1) is 0 Å². The number of benzene rings is 1. The van der Waals surface area contributed by atoms with E-state index in [1.54, 1.807) is 18.2 Å². The van der Waals surface area contributed by atoms with Gasteiger partial charge < -0.3 is 0 Å². The van der Waals surface area contributed by atoms with E-state index in [2.05, 4.69) is 17.5 Å². The molecule has 0 saturated carbocycles. The average Bonchev–Trinajstić information content (AvgIpc) is 2.48. The van der Waals surface area contributed by atoms with Crippen molar-refractivity contribution in [3.63, 3.8) is 0 Å². The summed E-state index contributed by atoms with van der Waals surface area (Å²) in [6.07, 6.45) is 10.0. The van der Waals surface area contributed by atoms with Crippen molar-refractivity contribution >= 4 is 12.1 Å². The first-order valence-corrected chi connectivity index (χ1v) is 7.80. The molecule has 0 bridgehead atoms. The van der Waals surface area contributed by atoms with Gasteiger partial charge in [0.1, 0.15) is 5.82 Å². The van der Waals surface area contributed by atoms with E-state index in [0.717, 1.165) is 12.8 Å². The third kappa shape index (κ3) is 8.23. The molecule has 1 aromatic rings. The number of carbonyl (C=O) groups excluding carboxylic acids is 1. The standard InChI is InChI=1S/C17H25FN2O/c1-2-3-4-5-6-7-8-13-17(21)20-19-14-15-11-9-10-12-16(15)18/h9-12,14H,2-8,13H2,1H3,(H,20,21)/b19-14+. The van der Waals surface area contributed by atoms with Gasteiger partial charge in [-0.3, -0.25) is 4.79 Å². The SMILES string of the molecule is CCCCCCCCCC(=O)N/N=C/c1ccccc1F. The Morgan fingerprint density at radius 1 is 1.14 bits per heavy atom. The average molecular weight is 292 g/mol. The predicted octanol–water partition coefficient (Wildman–Crippen LogP) is 4.42. The zero-order valence-corrected chi connectivity index (χ0v) is 12.8. The minimum absolute atomic E-state index is 0.115. The van der Waals surface area contributed by atoms with E-state index in [1.807, 2.05) is 0 Å². The summed E-state index contributed by atoms with van der Waals surface area (Å²) < 4.78 is 13.3. The highest BCUT2D eigenvalue weighted by atomic mass is 19.1. The number of hydrogen-bond donors (Lipinski definition) is 1. The Kier molecular flexibility index (Phi) is 9.09. The summed E-state index contributed by atoms with van der Waals surface area (Å²) in [6.45, 7) is 2.20. The fourth-order valence-corrected chi connectivity index (χ4v) is 2.05. The molecule has 0 fully saturated rings. The highest BCUT2D eigenvalue weighted by Gasteiger charge is 2.00. The topological polar surface area (TPSA) is 41.5 Å². The molecule has 0 unspecified atom stereocenters. The number of unbranched alkanes of at least 4 members (excludes halogenated alkanes) is 6. The van der Waals surface area contributed by atoms with E-state index >= 15 is 0 Å². The molecule has 0 aliphatic rings. The van der Waals surface area contributed by atoms with Crippen LogP contribution in [0.15, 0.2) is 29.4 Å². The van der Waals surface area contributed by atoms with Crippen LogP contribution in [0.2, 0.25) is 0 Å². The second-order valence-corrected chi connectivity index (χ2v) is 5.19. The van der Waals surface area contributed by atoms with Gasteiger partial charge in [-0.25, -0.2) is 9.82 Å². The Balaban J connectivity index is 2.10.